The van der Waals surface area contributed by atoms with Gasteiger partial charge in [-0.15, -0.1) is 0 Å². The highest BCUT2D eigenvalue weighted by Crippen LogP contribution is 2.37. The molecule has 1 saturated heterocycles. The molecule has 0 N–H and O–H groups in total. The lowest BCUT2D eigenvalue weighted by Gasteiger charge is -2.40. The van der Waals surface area contributed by atoms with Crippen molar-refractivity contribution in [3.63, 3.8) is 0 Å². The number of aromatic nitrogens is 2. The topological polar surface area (TPSA) is 55.3 Å². The number of piperidine rings is 1. The Morgan fingerprint density at radius 1 is 1.08 bits per heavy atom. The molecule has 1 aliphatic heterocycles. The van der Waals surface area contributed by atoms with Crippen LogP contribution in [0.2, 0.25) is 0 Å². The van der Waals surface area contributed by atoms with Gasteiger partial charge in [-0.25, -0.2) is 9.97 Å². The summed E-state index contributed by atoms with van der Waals surface area (Å²) in [5.74, 6) is 0.591. The van der Waals surface area contributed by atoms with Crippen molar-refractivity contribution in [3.05, 3.63) is 53.3 Å². The van der Waals surface area contributed by atoms with Crippen LogP contribution in [0.4, 0.5) is 5.95 Å². The molecule has 0 atom stereocenters. The van der Waals surface area contributed by atoms with E-state index in [0.29, 0.717) is 12.8 Å². The summed E-state index contributed by atoms with van der Waals surface area (Å²) in [4.78, 5) is 23.8. The van der Waals surface area contributed by atoms with Gasteiger partial charge in [-0.05, 0) is 38.3 Å². The van der Waals surface area contributed by atoms with Gasteiger partial charge in [0.05, 0.1) is 12.5 Å². The van der Waals surface area contributed by atoms with E-state index in [1.165, 1.54) is 7.11 Å². The number of hydrogen-bond acceptors (Lipinski definition) is 5. The Balaban J connectivity index is 1.86. The number of hydrogen-bond donors (Lipinski definition) is 0. The van der Waals surface area contributed by atoms with Gasteiger partial charge >= 0.3 is 5.97 Å². The molecule has 0 aliphatic carbocycles. The standard InChI is InChI=1S/C19H23N3O2/c1-14-13-15(2)21-18(20-14)22-11-9-19(10-12-22,17(23)24-3)16-7-5-4-6-8-16/h4-8,13H,9-12H2,1-3H3. The van der Waals surface area contributed by atoms with Gasteiger partial charge in [0.25, 0.3) is 0 Å². The van der Waals surface area contributed by atoms with E-state index in [-0.39, 0.29) is 5.97 Å². The Labute approximate surface area is 142 Å². The molecule has 1 fully saturated rings. The number of esters is 1. The third-order valence-electron chi connectivity index (χ3n) is 4.77. The second kappa shape index (κ2) is 6.59. The molecular weight excluding hydrogens is 302 g/mol. The lowest BCUT2D eigenvalue weighted by atomic mass is 9.73. The van der Waals surface area contributed by atoms with Crippen LogP contribution in [0.15, 0.2) is 36.4 Å². The normalized spacial score (nSPS) is 16.7. The van der Waals surface area contributed by atoms with Gasteiger partial charge in [-0.2, -0.15) is 0 Å². The van der Waals surface area contributed by atoms with Crippen LogP contribution in [0.1, 0.15) is 29.8 Å². The van der Waals surface area contributed by atoms with E-state index >= 15 is 0 Å². The lowest BCUT2D eigenvalue weighted by molar-refractivity contribution is -0.148. The molecule has 5 nitrogen and oxygen atoms in total. The van der Waals surface area contributed by atoms with Gasteiger partial charge in [-0.1, -0.05) is 30.3 Å². The SMILES string of the molecule is COC(=O)C1(c2ccccc2)CCN(c2nc(C)cc(C)n2)CC1. The summed E-state index contributed by atoms with van der Waals surface area (Å²) < 4.78 is 5.14. The molecule has 2 heterocycles. The molecule has 0 spiro atoms. The van der Waals surface area contributed by atoms with Crippen LogP contribution in [-0.2, 0) is 14.9 Å². The van der Waals surface area contributed by atoms with E-state index in [1.54, 1.807) is 0 Å². The second-order valence-corrected chi connectivity index (χ2v) is 6.38. The molecule has 126 valence electrons. The molecule has 0 saturated carbocycles. The Hall–Kier alpha value is -2.43. The quantitative estimate of drug-likeness (QED) is 0.812. The number of methoxy groups -OCH3 is 1. The molecule has 24 heavy (non-hydrogen) atoms. The van der Waals surface area contributed by atoms with Crippen molar-refractivity contribution >= 4 is 11.9 Å². The molecule has 0 unspecified atom stereocenters. The summed E-state index contributed by atoms with van der Waals surface area (Å²) in [7, 11) is 1.46. The van der Waals surface area contributed by atoms with Crippen LogP contribution in [0, 0.1) is 13.8 Å². The number of rotatable bonds is 3. The van der Waals surface area contributed by atoms with Crippen molar-refractivity contribution < 1.29 is 9.53 Å². The zero-order valence-electron chi connectivity index (χ0n) is 14.5. The smallest absolute Gasteiger partial charge is 0.316 e. The molecule has 0 amide bonds. The molecule has 5 heteroatoms. The van der Waals surface area contributed by atoms with Gasteiger partial charge < -0.3 is 9.64 Å². The number of benzene rings is 1. The Kier molecular flexibility index (Phi) is 4.51. The fraction of sp³-hybridized carbons (Fsp3) is 0.421. The summed E-state index contributed by atoms with van der Waals surface area (Å²) in [5.41, 5.74) is 2.37. The van der Waals surface area contributed by atoms with Crippen LogP contribution in [0.25, 0.3) is 0 Å². The minimum atomic E-state index is -0.578. The maximum atomic E-state index is 12.6. The number of carbonyl (C=O) groups is 1. The van der Waals surface area contributed by atoms with Gasteiger partial charge in [-0.3, -0.25) is 4.79 Å². The molecule has 3 rings (SSSR count). The average Bonchev–Trinajstić information content (AvgIpc) is 2.61. The molecule has 2 aromatic rings. The van der Waals surface area contributed by atoms with Crippen molar-refractivity contribution in [3.8, 4) is 0 Å². The average molecular weight is 325 g/mol. The predicted octanol–water partition coefficient (Wildman–Crippen LogP) is 2.80. The van der Waals surface area contributed by atoms with Gasteiger partial charge in [0.15, 0.2) is 0 Å². The first kappa shape index (κ1) is 16.4. The monoisotopic (exact) mass is 325 g/mol. The van der Waals surface area contributed by atoms with E-state index in [0.717, 1.165) is 36.0 Å². The maximum Gasteiger partial charge on any atom is 0.316 e. The van der Waals surface area contributed by atoms with Crippen LogP contribution < -0.4 is 4.90 Å². The molecule has 0 bridgehead atoms. The minimum absolute atomic E-state index is 0.158. The zero-order valence-corrected chi connectivity index (χ0v) is 14.5. The Morgan fingerprint density at radius 3 is 2.21 bits per heavy atom. The lowest BCUT2D eigenvalue weighted by Crippen LogP contribution is -2.48. The number of nitrogens with zero attached hydrogens (tertiary/aromatic N) is 3. The van der Waals surface area contributed by atoms with Crippen LogP contribution >= 0.6 is 0 Å². The van der Waals surface area contributed by atoms with E-state index < -0.39 is 5.41 Å². The maximum absolute atomic E-state index is 12.6. The van der Waals surface area contributed by atoms with Crippen molar-refractivity contribution in [2.75, 3.05) is 25.1 Å². The first-order valence-electron chi connectivity index (χ1n) is 8.26. The summed E-state index contributed by atoms with van der Waals surface area (Å²) in [6.07, 6.45) is 1.39. The fourth-order valence-corrected chi connectivity index (χ4v) is 3.50. The van der Waals surface area contributed by atoms with E-state index in [2.05, 4.69) is 14.9 Å². The molecule has 0 radical (unpaired) electrons. The highest BCUT2D eigenvalue weighted by Gasteiger charge is 2.44. The summed E-state index contributed by atoms with van der Waals surface area (Å²) in [6.45, 7) is 5.41. The van der Waals surface area contributed by atoms with Gasteiger partial charge in [0.1, 0.15) is 0 Å². The number of anilines is 1. The van der Waals surface area contributed by atoms with Crippen molar-refractivity contribution in [1.29, 1.82) is 0 Å². The largest absolute Gasteiger partial charge is 0.468 e. The predicted molar refractivity (Wildman–Crippen MR) is 93.1 cm³/mol. The van der Waals surface area contributed by atoms with E-state index in [1.807, 2.05) is 50.2 Å². The Morgan fingerprint density at radius 2 is 1.67 bits per heavy atom. The van der Waals surface area contributed by atoms with Gasteiger partial charge in [0, 0.05) is 24.5 Å². The first-order valence-corrected chi connectivity index (χ1v) is 8.26. The molecule has 1 aromatic heterocycles. The number of carbonyl (C=O) groups excluding carboxylic acids is 1. The van der Waals surface area contributed by atoms with E-state index in [9.17, 15) is 4.79 Å². The third kappa shape index (κ3) is 2.98. The highest BCUT2D eigenvalue weighted by molar-refractivity contribution is 5.83. The molecule has 1 aromatic carbocycles. The van der Waals surface area contributed by atoms with Crippen molar-refractivity contribution in [2.45, 2.75) is 32.1 Å². The van der Waals surface area contributed by atoms with Crippen LogP contribution in [0.3, 0.4) is 0 Å². The van der Waals surface area contributed by atoms with E-state index in [4.69, 9.17) is 4.74 Å². The second-order valence-electron chi connectivity index (χ2n) is 6.38. The minimum Gasteiger partial charge on any atom is -0.468 e. The van der Waals surface area contributed by atoms with Crippen molar-refractivity contribution in [2.24, 2.45) is 0 Å². The summed E-state index contributed by atoms with van der Waals surface area (Å²) in [5, 5.41) is 0. The fourth-order valence-electron chi connectivity index (χ4n) is 3.50. The third-order valence-corrected chi connectivity index (χ3v) is 4.77. The number of aryl methyl sites for hydroxylation is 2. The van der Waals surface area contributed by atoms with Crippen molar-refractivity contribution in [1.82, 2.24) is 9.97 Å². The highest BCUT2D eigenvalue weighted by atomic mass is 16.5. The molecular formula is C19H23N3O2. The molecule has 1 aliphatic rings. The zero-order chi connectivity index (χ0) is 17.2. The van der Waals surface area contributed by atoms with Crippen LogP contribution in [-0.4, -0.2) is 36.1 Å². The van der Waals surface area contributed by atoms with Gasteiger partial charge in [0.2, 0.25) is 5.95 Å². The van der Waals surface area contributed by atoms with Crippen LogP contribution in [0.5, 0.6) is 0 Å². The summed E-state index contributed by atoms with van der Waals surface area (Å²) in [6, 6.07) is 11.9. The first-order chi connectivity index (χ1) is 11.5. The Bertz CT molecular complexity index is 702. The number of ether oxygens (including phenoxy) is 1. The summed E-state index contributed by atoms with van der Waals surface area (Å²) >= 11 is 0.